The number of hydrogen-bond acceptors (Lipinski definition) is 5. The van der Waals surface area contributed by atoms with E-state index in [2.05, 4.69) is 36.1 Å². The van der Waals surface area contributed by atoms with Crippen LogP contribution in [0.4, 0.5) is 11.6 Å². The number of hydrogen-bond donors (Lipinski definition) is 1. The zero-order valence-electron chi connectivity index (χ0n) is 15.2. The smallest absolute Gasteiger partial charge is 0.259 e. The number of aliphatic hydroxyl groups is 1. The summed E-state index contributed by atoms with van der Waals surface area (Å²) in [5.41, 5.74) is 3.85. The molecule has 1 aromatic heterocycles. The zero-order chi connectivity index (χ0) is 18.0. The van der Waals surface area contributed by atoms with Crippen LogP contribution in [0.15, 0.2) is 29.1 Å². The summed E-state index contributed by atoms with van der Waals surface area (Å²) < 4.78 is 1.72. The van der Waals surface area contributed by atoms with Crippen molar-refractivity contribution in [2.75, 3.05) is 24.7 Å². The van der Waals surface area contributed by atoms with Gasteiger partial charge in [-0.05, 0) is 37.5 Å². The molecule has 0 radical (unpaired) electrons. The molecule has 1 N–H and O–H groups in total. The van der Waals surface area contributed by atoms with Crippen molar-refractivity contribution < 1.29 is 5.11 Å². The summed E-state index contributed by atoms with van der Waals surface area (Å²) in [5.74, 6) is 0.679. The average Bonchev–Trinajstić information content (AvgIpc) is 2.62. The molecule has 1 aliphatic heterocycles. The van der Waals surface area contributed by atoms with Crippen LogP contribution in [-0.2, 0) is 19.5 Å². The fourth-order valence-corrected chi connectivity index (χ4v) is 3.33. The van der Waals surface area contributed by atoms with E-state index in [1.165, 1.54) is 5.56 Å². The van der Waals surface area contributed by atoms with E-state index >= 15 is 0 Å². The van der Waals surface area contributed by atoms with Crippen LogP contribution in [0, 0.1) is 6.92 Å². The van der Waals surface area contributed by atoms with Crippen LogP contribution < -0.4 is 10.5 Å². The van der Waals surface area contributed by atoms with Gasteiger partial charge in [0.2, 0.25) is 5.95 Å². The molecule has 2 heterocycles. The monoisotopic (exact) mass is 342 g/mol. The molecule has 1 aliphatic rings. The third-order valence-corrected chi connectivity index (χ3v) is 4.80. The van der Waals surface area contributed by atoms with Crippen LogP contribution in [0.1, 0.15) is 30.7 Å². The van der Waals surface area contributed by atoms with E-state index in [0.29, 0.717) is 32.3 Å². The Hall–Kier alpha value is -2.18. The largest absolute Gasteiger partial charge is 0.395 e. The highest BCUT2D eigenvalue weighted by molar-refractivity contribution is 5.59. The number of rotatable bonds is 5. The van der Waals surface area contributed by atoms with Gasteiger partial charge in [0.05, 0.1) is 19.9 Å². The van der Waals surface area contributed by atoms with Crippen LogP contribution in [0.25, 0.3) is 0 Å². The van der Waals surface area contributed by atoms with Crippen LogP contribution >= 0.6 is 0 Å². The van der Waals surface area contributed by atoms with Gasteiger partial charge < -0.3 is 5.11 Å². The summed E-state index contributed by atoms with van der Waals surface area (Å²) in [4.78, 5) is 21.7. The second-order valence-corrected chi connectivity index (χ2v) is 6.41. The fourth-order valence-electron chi connectivity index (χ4n) is 3.33. The molecule has 0 spiro atoms. The van der Waals surface area contributed by atoms with Crippen molar-refractivity contribution in [3.05, 3.63) is 51.4 Å². The van der Waals surface area contributed by atoms with Crippen molar-refractivity contribution in [1.29, 1.82) is 0 Å². The lowest BCUT2D eigenvalue weighted by atomic mass is 10.1. The summed E-state index contributed by atoms with van der Waals surface area (Å²) in [6.45, 7) is 7.65. The Morgan fingerprint density at radius 3 is 2.44 bits per heavy atom. The molecule has 0 amide bonds. The number of anilines is 2. The molecule has 0 saturated carbocycles. The Balaban J connectivity index is 2.11. The van der Waals surface area contributed by atoms with E-state index in [4.69, 9.17) is 4.98 Å². The Labute approximate surface area is 148 Å². The molecule has 1 aromatic carbocycles. The normalized spacial score (nSPS) is 14.6. The van der Waals surface area contributed by atoms with Gasteiger partial charge in [0.25, 0.3) is 5.56 Å². The third-order valence-electron chi connectivity index (χ3n) is 4.80. The van der Waals surface area contributed by atoms with E-state index in [0.717, 1.165) is 23.4 Å². The Kier molecular flexibility index (Phi) is 5.20. The molecule has 3 rings (SSSR count). The van der Waals surface area contributed by atoms with Gasteiger partial charge in [-0.3, -0.25) is 19.2 Å². The molecular weight excluding hydrogens is 316 g/mol. The molecule has 0 unspecified atom stereocenters. The lowest BCUT2D eigenvalue weighted by Crippen LogP contribution is -2.48. The number of β-amino-alcohol motifs (C(OH)–C–C–N with tert-alkyl or cyclic N) is 1. The molecule has 2 aromatic rings. The van der Waals surface area contributed by atoms with Crippen LogP contribution in [0.2, 0.25) is 0 Å². The van der Waals surface area contributed by atoms with Gasteiger partial charge in [-0.15, -0.1) is 0 Å². The van der Waals surface area contributed by atoms with E-state index in [1.54, 1.807) is 4.57 Å². The van der Waals surface area contributed by atoms with Crippen molar-refractivity contribution in [3.8, 4) is 0 Å². The second-order valence-electron chi connectivity index (χ2n) is 6.41. The number of aryl methyl sites for hydroxylation is 2. The third kappa shape index (κ3) is 3.32. The van der Waals surface area contributed by atoms with E-state index in [9.17, 15) is 9.90 Å². The van der Waals surface area contributed by atoms with Gasteiger partial charge in [-0.25, -0.2) is 4.98 Å². The minimum absolute atomic E-state index is 0.0165. The van der Waals surface area contributed by atoms with Crippen molar-refractivity contribution in [1.82, 2.24) is 14.5 Å². The Morgan fingerprint density at radius 1 is 1.12 bits per heavy atom. The van der Waals surface area contributed by atoms with Gasteiger partial charge in [0, 0.05) is 23.5 Å². The molecule has 0 fully saturated rings. The van der Waals surface area contributed by atoms with E-state index < -0.39 is 0 Å². The molecule has 6 heteroatoms. The SMILES string of the molecule is CCc1ccc(N2CN(CCO)Cn3c2nc(C)c(CC)c3=O)cc1. The number of aliphatic hydroxyl groups excluding tert-OH is 1. The zero-order valence-corrected chi connectivity index (χ0v) is 15.2. The average molecular weight is 342 g/mol. The topological polar surface area (TPSA) is 61.6 Å². The molecule has 6 nitrogen and oxygen atoms in total. The summed E-state index contributed by atoms with van der Waals surface area (Å²) in [5, 5.41) is 9.34. The second kappa shape index (κ2) is 7.37. The van der Waals surface area contributed by atoms with Crippen molar-refractivity contribution in [2.45, 2.75) is 40.3 Å². The summed E-state index contributed by atoms with van der Waals surface area (Å²) in [7, 11) is 0. The highest BCUT2D eigenvalue weighted by atomic mass is 16.3. The minimum atomic E-state index is 0.0165. The van der Waals surface area contributed by atoms with E-state index in [1.807, 2.05) is 18.7 Å². The predicted octanol–water partition coefficient (Wildman–Crippen LogP) is 2.04. The van der Waals surface area contributed by atoms with Gasteiger partial charge in [0.1, 0.15) is 0 Å². The molecule has 0 bridgehead atoms. The Morgan fingerprint density at radius 2 is 1.84 bits per heavy atom. The molecule has 0 saturated heterocycles. The highest BCUT2D eigenvalue weighted by Gasteiger charge is 2.27. The van der Waals surface area contributed by atoms with Gasteiger partial charge in [-0.2, -0.15) is 0 Å². The number of fused-ring (bicyclic) bond motifs is 1. The van der Waals surface area contributed by atoms with Crippen LogP contribution in [-0.4, -0.2) is 39.4 Å². The fraction of sp³-hybridized carbons (Fsp3) is 0.474. The van der Waals surface area contributed by atoms with Gasteiger partial charge in [-0.1, -0.05) is 26.0 Å². The first-order valence-corrected chi connectivity index (χ1v) is 8.89. The molecule has 134 valence electrons. The van der Waals surface area contributed by atoms with Crippen molar-refractivity contribution in [3.63, 3.8) is 0 Å². The molecule has 0 atom stereocenters. The standard InChI is InChI=1S/C19H26N4O2/c1-4-15-6-8-16(9-7-15)22-12-21(10-11-24)13-23-18(25)17(5-2)14(3)20-19(22)23/h6-9,24H,4-5,10-13H2,1-3H3. The van der Waals surface area contributed by atoms with Crippen LogP contribution in [0.3, 0.4) is 0 Å². The molecule has 25 heavy (non-hydrogen) atoms. The molecular formula is C19H26N4O2. The van der Waals surface area contributed by atoms with Crippen molar-refractivity contribution >= 4 is 11.6 Å². The first-order chi connectivity index (χ1) is 12.1. The lowest BCUT2D eigenvalue weighted by Gasteiger charge is -2.38. The van der Waals surface area contributed by atoms with Crippen molar-refractivity contribution in [2.24, 2.45) is 0 Å². The summed E-state index contributed by atoms with van der Waals surface area (Å²) >= 11 is 0. The maximum absolute atomic E-state index is 12.9. The number of aromatic nitrogens is 2. The number of benzene rings is 1. The minimum Gasteiger partial charge on any atom is -0.395 e. The van der Waals surface area contributed by atoms with Gasteiger partial charge in [0.15, 0.2) is 0 Å². The molecule has 0 aliphatic carbocycles. The van der Waals surface area contributed by atoms with E-state index in [-0.39, 0.29) is 12.2 Å². The Bertz CT molecular complexity index is 798. The predicted molar refractivity (Wildman–Crippen MR) is 99.2 cm³/mol. The summed E-state index contributed by atoms with van der Waals surface area (Å²) in [6.07, 6.45) is 1.66. The maximum atomic E-state index is 12.9. The van der Waals surface area contributed by atoms with Crippen LogP contribution in [0.5, 0.6) is 0 Å². The summed E-state index contributed by atoms with van der Waals surface area (Å²) in [6, 6.07) is 8.35. The van der Waals surface area contributed by atoms with Gasteiger partial charge >= 0.3 is 0 Å². The quantitative estimate of drug-likeness (QED) is 0.901. The first kappa shape index (κ1) is 17.6. The first-order valence-electron chi connectivity index (χ1n) is 8.89. The maximum Gasteiger partial charge on any atom is 0.259 e. The highest BCUT2D eigenvalue weighted by Crippen LogP contribution is 2.27. The number of nitrogens with zero attached hydrogens (tertiary/aromatic N) is 4. The lowest BCUT2D eigenvalue weighted by molar-refractivity contribution is 0.152.